The van der Waals surface area contributed by atoms with Crippen molar-refractivity contribution in [3.05, 3.63) is 53.6 Å². The molecule has 1 N–H and O–H groups in total. The molecule has 0 bridgehead atoms. The van der Waals surface area contributed by atoms with Gasteiger partial charge in [0.1, 0.15) is 6.04 Å². The Hall–Kier alpha value is -2.78. The lowest BCUT2D eigenvalue weighted by Gasteiger charge is -2.29. The smallest absolute Gasteiger partial charge is 0.243 e. The molecule has 0 aliphatic carbocycles. The molecule has 1 heterocycles. The number of carbonyl (C=O) groups excluding carboxylic acids is 1. The van der Waals surface area contributed by atoms with Gasteiger partial charge in [-0.3, -0.25) is 14.0 Å². The number of amides is 1. The summed E-state index contributed by atoms with van der Waals surface area (Å²) in [5, 5.41) is 2.92. The quantitative estimate of drug-likeness (QED) is 0.569. The standard InChI is InChI=1S/C24H33N3O5S/c1-18(27(33(4,29)30)21-11-12-22(31-2)23(15-21)32-3)24(28)25-16-19-9-5-6-10-20(19)17-26-13-7-8-14-26/h5-6,9-12,15,18H,7-8,13-14,16-17H2,1-4H3,(H,25,28)/t18-/m1/s1. The number of nitrogens with one attached hydrogen (secondary N) is 1. The maximum atomic E-state index is 13.0. The summed E-state index contributed by atoms with van der Waals surface area (Å²) >= 11 is 0. The van der Waals surface area contributed by atoms with E-state index in [9.17, 15) is 13.2 Å². The van der Waals surface area contributed by atoms with Crippen LogP contribution in [0.3, 0.4) is 0 Å². The first-order valence-electron chi connectivity index (χ1n) is 11.0. The maximum Gasteiger partial charge on any atom is 0.243 e. The van der Waals surface area contributed by atoms with Crippen LogP contribution >= 0.6 is 0 Å². The minimum atomic E-state index is -3.74. The van der Waals surface area contributed by atoms with E-state index in [4.69, 9.17) is 9.47 Å². The highest BCUT2D eigenvalue weighted by atomic mass is 32.2. The van der Waals surface area contributed by atoms with Gasteiger partial charge in [0.25, 0.3) is 0 Å². The highest BCUT2D eigenvalue weighted by Gasteiger charge is 2.30. The predicted octanol–water partition coefficient (Wildman–Crippen LogP) is 2.77. The molecule has 2 aromatic rings. The summed E-state index contributed by atoms with van der Waals surface area (Å²) in [5.41, 5.74) is 2.53. The molecule has 2 aromatic carbocycles. The Labute approximate surface area is 196 Å². The lowest BCUT2D eigenvalue weighted by Crippen LogP contribution is -2.47. The molecule has 33 heavy (non-hydrogen) atoms. The summed E-state index contributed by atoms with van der Waals surface area (Å²) < 4.78 is 36.9. The zero-order valence-electron chi connectivity index (χ0n) is 19.7. The van der Waals surface area contributed by atoms with Crippen molar-refractivity contribution in [2.45, 2.75) is 38.9 Å². The van der Waals surface area contributed by atoms with Crippen molar-refractivity contribution in [2.24, 2.45) is 0 Å². The molecule has 1 aliphatic heterocycles. The number of nitrogens with zero attached hydrogens (tertiary/aromatic N) is 2. The summed E-state index contributed by atoms with van der Waals surface area (Å²) in [6.45, 7) is 4.93. The van der Waals surface area contributed by atoms with E-state index in [-0.39, 0.29) is 5.91 Å². The van der Waals surface area contributed by atoms with Gasteiger partial charge in [-0.05, 0) is 56.1 Å². The van der Waals surface area contributed by atoms with E-state index in [1.807, 2.05) is 18.2 Å². The highest BCUT2D eigenvalue weighted by molar-refractivity contribution is 7.92. The Morgan fingerprint density at radius 1 is 1.06 bits per heavy atom. The second kappa shape index (κ2) is 10.9. The van der Waals surface area contributed by atoms with E-state index in [1.165, 1.54) is 32.6 Å². The number of anilines is 1. The number of benzene rings is 2. The SMILES string of the molecule is COc1ccc(N([C@H](C)C(=O)NCc2ccccc2CN2CCCC2)S(C)(=O)=O)cc1OC. The van der Waals surface area contributed by atoms with Gasteiger partial charge in [0.15, 0.2) is 11.5 Å². The average Bonchev–Trinajstić information content (AvgIpc) is 3.30. The van der Waals surface area contributed by atoms with Crippen LogP contribution in [0.25, 0.3) is 0 Å². The minimum Gasteiger partial charge on any atom is -0.493 e. The molecule has 3 rings (SSSR count). The van der Waals surface area contributed by atoms with Crippen LogP contribution in [0.15, 0.2) is 42.5 Å². The average molecular weight is 476 g/mol. The lowest BCUT2D eigenvalue weighted by molar-refractivity contribution is -0.122. The van der Waals surface area contributed by atoms with Gasteiger partial charge in [-0.15, -0.1) is 0 Å². The molecule has 0 spiro atoms. The second-order valence-electron chi connectivity index (χ2n) is 8.24. The van der Waals surface area contributed by atoms with Gasteiger partial charge in [0.2, 0.25) is 15.9 Å². The third kappa shape index (κ3) is 6.17. The van der Waals surface area contributed by atoms with Crippen molar-refractivity contribution < 1.29 is 22.7 Å². The summed E-state index contributed by atoms with van der Waals surface area (Å²) in [5.74, 6) is 0.472. The fraction of sp³-hybridized carbons (Fsp3) is 0.458. The van der Waals surface area contributed by atoms with E-state index in [0.717, 1.165) is 35.8 Å². The van der Waals surface area contributed by atoms with Crippen LogP contribution in [-0.4, -0.2) is 58.8 Å². The molecule has 9 heteroatoms. The second-order valence-corrected chi connectivity index (χ2v) is 10.1. The first-order valence-corrected chi connectivity index (χ1v) is 12.9. The highest BCUT2D eigenvalue weighted by Crippen LogP contribution is 2.33. The van der Waals surface area contributed by atoms with Gasteiger partial charge >= 0.3 is 0 Å². The summed E-state index contributed by atoms with van der Waals surface area (Å²) in [4.78, 5) is 15.4. The van der Waals surface area contributed by atoms with Gasteiger partial charge in [-0.1, -0.05) is 24.3 Å². The van der Waals surface area contributed by atoms with E-state index >= 15 is 0 Å². The topological polar surface area (TPSA) is 88.2 Å². The molecule has 1 aliphatic rings. The molecule has 180 valence electrons. The van der Waals surface area contributed by atoms with Crippen LogP contribution in [0.2, 0.25) is 0 Å². The molecule has 0 radical (unpaired) electrons. The minimum absolute atomic E-state index is 0.326. The Morgan fingerprint density at radius 2 is 1.70 bits per heavy atom. The van der Waals surface area contributed by atoms with Crippen molar-refractivity contribution >= 4 is 21.6 Å². The van der Waals surface area contributed by atoms with Gasteiger partial charge in [0.05, 0.1) is 26.2 Å². The predicted molar refractivity (Wildman–Crippen MR) is 129 cm³/mol. The zero-order valence-corrected chi connectivity index (χ0v) is 20.5. The summed E-state index contributed by atoms with van der Waals surface area (Å²) in [6, 6.07) is 11.8. The van der Waals surface area contributed by atoms with Crippen LogP contribution in [0, 0.1) is 0 Å². The van der Waals surface area contributed by atoms with Crippen molar-refractivity contribution in [3.63, 3.8) is 0 Å². The molecule has 0 aromatic heterocycles. The number of rotatable bonds is 10. The Kier molecular flexibility index (Phi) is 8.20. The number of hydrogen-bond donors (Lipinski definition) is 1. The van der Waals surface area contributed by atoms with Gasteiger partial charge in [0, 0.05) is 19.2 Å². The van der Waals surface area contributed by atoms with E-state index in [2.05, 4.69) is 16.3 Å². The monoisotopic (exact) mass is 475 g/mol. The number of likely N-dealkylation sites (tertiary alicyclic amines) is 1. The Balaban J connectivity index is 1.76. The Morgan fingerprint density at radius 3 is 2.30 bits per heavy atom. The van der Waals surface area contributed by atoms with Crippen molar-refractivity contribution in [3.8, 4) is 11.5 Å². The molecule has 1 fully saturated rings. The third-order valence-electron chi connectivity index (χ3n) is 5.87. The fourth-order valence-corrected chi connectivity index (χ4v) is 5.33. The molecule has 1 saturated heterocycles. The largest absolute Gasteiger partial charge is 0.493 e. The number of sulfonamides is 1. The normalized spacial score (nSPS) is 15.2. The van der Waals surface area contributed by atoms with Crippen LogP contribution in [0.5, 0.6) is 11.5 Å². The summed E-state index contributed by atoms with van der Waals surface area (Å²) in [6.07, 6.45) is 3.51. The molecule has 1 amide bonds. The third-order valence-corrected chi connectivity index (χ3v) is 7.12. The van der Waals surface area contributed by atoms with Crippen LogP contribution in [-0.2, 0) is 27.9 Å². The van der Waals surface area contributed by atoms with Crippen molar-refractivity contribution in [2.75, 3.05) is 37.9 Å². The molecular formula is C24H33N3O5S. The van der Waals surface area contributed by atoms with E-state index in [0.29, 0.717) is 23.7 Å². The van der Waals surface area contributed by atoms with Crippen LogP contribution < -0.4 is 19.1 Å². The molecular weight excluding hydrogens is 442 g/mol. The molecule has 0 unspecified atom stereocenters. The van der Waals surface area contributed by atoms with Crippen molar-refractivity contribution in [1.29, 1.82) is 0 Å². The maximum absolute atomic E-state index is 13.0. The van der Waals surface area contributed by atoms with Crippen molar-refractivity contribution in [1.82, 2.24) is 10.2 Å². The van der Waals surface area contributed by atoms with Gasteiger partial charge < -0.3 is 14.8 Å². The number of carbonyl (C=O) groups is 1. The fourth-order valence-electron chi connectivity index (χ4n) is 4.17. The number of hydrogen-bond acceptors (Lipinski definition) is 6. The van der Waals surface area contributed by atoms with E-state index < -0.39 is 16.1 Å². The summed E-state index contributed by atoms with van der Waals surface area (Å²) in [7, 11) is -0.766. The van der Waals surface area contributed by atoms with Crippen LogP contribution in [0.4, 0.5) is 5.69 Å². The zero-order chi connectivity index (χ0) is 24.0. The first kappa shape index (κ1) is 24.9. The van der Waals surface area contributed by atoms with E-state index in [1.54, 1.807) is 25.1 Å². The lowest BCUT2D eigenvalue weighted by atomic mass is 10.1. The number of ether oxygens (including phenoxy) is 2. The number of methoxy groups -OCH3 is 2. The molecule has 0 saturated carbocycles. The van der Waals surface area contributed by atoms with Gasteiger partial charge in [-0.2, -0.15) is 0 Å². The first-order chi connectivity index (χ1) is 15.7. The van der Waals surface area contributed by atoms with Crippen LogP contribution in [0.1, 0.15) is 30.9 Å². The molecule has 1 atom stereocenters. The molecule has 8 nitrogen and oxygen atoms in total. The Bertz CT molecular complexity index is 1070. The van der Waals surface area contributed by atoms with Gasteiger partial charge in [-0.25, -0.2) is 8.42 Å².